The molecule has 0 bridgehead atoms. The molecule has 0 fully saturated rings. The molecule has 3 aromatic rings. The third kappa shape index (κ3) is 3.80. The van der Waals surface area contributed by atoms with Crippen LogP contribution in [0.15, 0.2) is 60.6 Å². The topological polar surface area (TPSA) is 51.7 Å². The van der Waals surface area contributed by atoms with Gasteiger partial charge in [0.05, 0.1) is 11.1 Å². The lowest BCUT2D eigenvalue weighted by Gasteiger charge is -2.30. The molecule has 2 aliphatic rings. The fourth-order valence-corrected chi connectivity index (χ4v) is 4.26. The summed E-state index contributed by atoms with van der Waals surface area (Å²) in [5, 5.41) is 0. The van der Waals surface area contributed by atoms with Gasteiger partial charge in [0, 0.05) is 25.5 Å². The summed E-state index contributed by atoms with van der Waals surface area (Å²) in [6.45, 7) is 8.12. The maximum atomic E-state index is 13.2. The van der Waals surface area contributed by atoms with E-state index < -0.39 is 0 Å². The van der Waals surface area contributed by atoms with E-state index in [2.05, 4.69) is 35.9 Å². The Bertz CT molecular complexity index is 1200. The van der Waals surface area contributed by atoms with E-state index in [1.54, 1.807) is 6.20 Å². The van der Waals surface area contributed by atoms with Crippen LogP contribution in [-0.2, 0) is 13.1 Å². The Balaban J connectivity index is 1.44. The van der Waals surface area contributed by atoms with Crippen molar-refractivity contribution in [2.45, 2.75) is 39.8 Å². The number of hydrogen-bond donors (Lipinski definition) is 0. The van der Waals surface area contributed by atoms with Gasteiger partial charge in [-0.2, -0.15) is 0 Å². The van der Waals surface area contributed by atoms with Crippen molar-refractivity contribution >= 4 is 11.9 Å². The Kier molecular flexibility index (Phi) is 5.27. The van der Waals surface area contributed by atoms with Crippen LogP contribution in [0.5, 0.6) is 11.5 Å². The minimum atomic E-state index is -0.0716. The van der Waals surface area contributed by atoms with Crippen molar-refractivity contribution in [2.75, 3.05) is 6.73 Å². The minimum Gasteiger partial charge on any atom is -0.478 e. The van der Waals surface area contributed by atoms with Gasteiger partial charge in [0.1, 0.15) is 18.2 Å². The van der Waals surface area contributed by atoms with E-state index in [4.69, 9.17) is 9.47 Å². The fraction of sp³-hybridized carbons (Fsp3) is 0.259. The number of aromatic nitrogens is 1. The molecule has 1 aromatic heterocycles. The molecule has 2 aliphatic heterocycles. The normalized spacial score (nSPS) is 16.6. The van der Waals surface area contributed by atoms with E-state index in [1.807, 2.05) is 49.5 Å². The smallest absolute Gasteiger partial charge is 0.232 e. The van der Waals surface area contributed by atoms with E-state index in [-0.39, 0.29) is 5.78 Å². The molecule has 2 aromatic carbocycles. The van der Waals surface area contributed by atoms with Crippen molar-refractivity contribution in [1.29, 1.82) is 0 Å². The number of ether oxygens (including phenoxy) is 2. The highest BCUT2D eigenvalue weighted by atomic mass is 16.5. The Morgan fingerprint density at radius 2 is 2.00 bits per heavy atom. The van der Waals surface area contributed by atoms with E-state index in [0.717, 1.165) is 34.5 Å². The van der Waals surface area contributed by atoms with Gasteiger partial charge in [0.15, 0.2) is 5.76 Å². The molecular formula is C27H26N2O3. The minimum absolute atomic E-state index is 0.0716. The highest BCUT2D eigenvalue weighted by molar-refractivity contribution is 6.15. The molecule has 0 saturated carbocycles. The average Bonchev–Trinajstić information content (AvgIpc) is 3.12. The van der Waals surface area contributed by atoms with Crippen molar-refractivity contribution in [3.05, 3.63) is 94.0 Å². The number of ketones is 1. The summed E-state index contributed by atoms with van der Waals surface area (Å²) in [7, 11) is 0. The first-order valence-electron chi connectivity index (χ1n) is 10.9. The first-order valence-corrected chi connectivity index (χ1v) is 10.9. The van der Waals surface area contributed by atoms with Crippen LogP contribution in [0, 0.1) is 6.92 Å². The molecule has 32 heavy (non-hydrogen) atoms. The third-order valence-electron chi connectivity index (χ3n) is 6.02. The van der Waals surface area contributed by atoms with Gasteiger partial charge in [-0.05, 0) is 53.3 Å². The number of carbonyl (C=O) groups is 1. The lowest BCUT2D eigenvalue weighted by Crippen LogP contribution is -2.31. The van der Waals surface area contributed by atoms with Gasteiger partial charge in [0.25, 0.3) is 0 Å². The van der Waals surface area contributed by atoms with Gasteiger partial charge in [-0.1, -0.05) is 44.2 Å². The Hall–Kier alpha value is -3.44. The number of hydrogen-bond acceptors (Lipinski definition) is 5. The van der Waals surface area contributed by atoms with E-state index in [1.165, 1.54) is 5.56 Å². The molecule has 5 rings (SSSR count). The molecule has 0 spiro atoms. The Morgan fingerprint density at radius 3 is 2.72 bits per heavy atom. The van der Waals surface area contributed by atoms with Gasteiger partial charge in [-0.3, -0.25) is 14.7 Å². The standard InChI is InChI=1S/C27H26N2O3/c1-17(2)21-8-6-19(7-9-21)12-24-26(30)25-18(3)11-23-22(27(25)32-24)15-29(16-31-23)14-20-5-4-10-28-13-20/h4-13,17H,14-16H2,1-3H3/b24-12-. The van der Waals surface area contributed by atoms with Gasteiger partial charge in [-0.15, -0.1) is 0 Å². The van der Waals surface area contributed by atoms with Crippen LogP contribution in [0.4, 0.5) is 0 Å². The first-order chi connectivity index (χ1) is 15.5. The van der Waals surface area contributed by atoms with Crippen LogP contribution in [0.2, 0.25) is 0 Å². The van der Waals surface area contributed by atoms with Gasteiger partial charge in [-0.25, -0.2) is 0 Å². The zero-order valence-electron chi connectivity index (χ0n) is 18.6. The van der Waals surface area contributed by atoms with Gasteiger partial charge < -0.3 is 9.47 Å². The number of carbonyl (C=O) groups excluding carboxylic acids is 1. The molecule has 0 unspecified atom stereocenters. The molecule has 5 heteroatoms. The SMILES string of the molecule is Cc1cc2c(c3c1C(=O)/C(=C/c1ccc(C(C)C)cc1)O3)CN(Cc1cccnc1)CO2. The number of rotatable bonds is 4. The Labute approximate surface area is 188 Å². The second-order valence-electron chi connectivity index (χ2n) is 8.76. The van der Waals surface area contributed by atoms with Crippen LogP contribution in [-0.4, -0.2) is 22.4 Å². The number of fused-ring (bicyclic) bond motifs is 3. The predicted octanol–water partition coefficient (Wildman–Crippen LogP) is 5.48. The summed E-state index contributed by atoms with van der Waals surface area (Å²) in [5.74, 6) is 2.18. The van der Waals surface area contributed by atoms with Crippen LogP contribution in [0.25, 0.3) is 6.08 Å². The summed E-state index contributed by atoms with van der Waals surface area (Å²) in [4.78, 5) is 19.6. The third-order valence-corrected chi connectivity index (χ3v) is 6.02. The molecule has 0 atom stereocenters. The molecule has 0 radical (unpaired) electrons. The van der Waals surface area contributed by atoms with Gasteiger partial charge in [0.2, 0.25) is 5.78 Å². The molecule has 0 aliphatic carbocycles. The van der Waals surface area contributed by atoms with Gasteiger partial charge >= 0.3 is 0 Å². The van der Waals surface area contributed by atoms with Crippen LogP contribution in [0.1, 0.15) is 57.9 Å². The average molecular weight is 427 g/mol. The molecular weight excluding hydrogens is 400 g/mol. The lowest BCUT2D eigenvalue weighted by atomic mass is 9.98. The van der Waals surface area contributed by atoms with Crippen molar-refractivity contribution in [3.8, 4) is 11.5 Å². The van der Waals surface area contributed by atoms with Crippen molar-refractivity contribution in [1.82, 2.24) is 9.88 Å². The van der Waals surface area contributed by atoms with Crippen LogP contribution >= 0.6 is 0 Å². The zero-order valence-corrected chi connectivity index (χ0v) is 18.6. The Morgan fingerprint density at radius 1 is 1.19 bits per heavy atom. The number of nitrogens with zero attached hydrogens (tertiary/aromatic N) is 2. The summed E-state index contributed by atoms with van der Waals surface area (Å²) in [6, 6.07) is 14.2. The number of benzene rings is 2. The highest BCUT2D eigenvalue weighted by Gasteiger charge is 2.35. The van der Waals surface area contributed by atoms with E-state index >= 15 is 0 Å². The van der Waals surface area contributed by atoms with Crippen molar-refractivity contribution in [2.24, 2.45) is 0 Å². The number of Topliss-reactive ketones (excluding diaryl/α,β-unsaturated/α-hetero) is 1. The van der Waals surface area contributed by atoms with Crippen LogP contribution in [0.3, 0.4) is 0 Å². The summed E-state index contributed by atoms with van der Waals surface area (Å²) in [6.07, 6.45) is 5.46. The molecule has 162 valence electrons. The van der Waals surface area contributed by atoms with Crippen molar-refractivity contribution < 1.29 is 14.3 Å². The van der Waals surface area contributed by atoms with E-state index in [0.29, 0.717) is 36.3 Å². The number of aryl methyl sites for hydroxylation is 1. The second kappa shape index (κ2) is 8.24. The number of pyridine rings is 1. The highest BCUT2D eigenvalue weighted by Crippen LogP contribution is 2.44. The summed E-state index contributed by atoms with van der Waals surface area (Å²) in [5.41, 5.74) is 5.78. The lowest BCUT2D eigenvalue weighted by molar-refractivity contribution is 0.0871. The van der Waals surface area contributed by atoms with E-state index in [9.17, 15) is 4.79 Å². The fourth-order valence-electron chi connectivity index (χ4n) is 4.26. The largest absolute Gasteiger partial charge is 0.478 e. The summed E-state index contributed by atoms with van der Waals surface area (Å²) >= 11 is 0. The monoisotopic (exact) mass is 426 g/mol. The number of allylic oxidation sites excluding steroid dienone is 1. The van der Waals surface area contributed by atoms with Crippen LogP contribution < -0.4 is 9.47 Å². The van der Waals surface area contributed by atoms with Crippen molar-refractivity contribution in [3.63, 3.8) is 0 Å². The molecule has 5 nitrogen and oxygen atoms in total. The molecule has 0 N–H and O–H groups in total. The maximum absolute atomic E-state index is 13.2. The zero-order chi connectivity index (χ0) is 22.2. The first kappa shape index (κ1) is 20.5. The predicted molar refractivity (Wildman–Crippen MR) is 124 cm³/mol. The molecule has 0 amide bonds. The molecule has 3 heterocycles. The quantitative estimate of drug-likeness (QED) is 0.517. The summed E-state index contributed by atoms with van der Waals surface area (Å²) < 4.78 is 12.2. The second-order valence-corrected chi connectivity index (χ2v) is 8.76. The molecule has 0 saturated heterocycles. The maximum Gasteiger partial charge on any atom is 0.232 e.